The molecule has 2 unspecified atom stereocenters. The van der Waals surface area contributed by atoms with Gasteiger partial charge in [0.2, 0.25) is 0 Å². The third kappa shape index (κ3) is 3.58. The van der Waals surface area contributed by atoms with E-state index in [0.717, 1.165) is 67.0 Å². The lowest BCUT2D eigenvalue weighted by molar-refractivity contribution is 0.0985. The minimum absolute atomic E-state index is 0.217. The Labute approximate surface area is 195 Å². The Morgan fingerprint density at radius 2 is 2.18 bits per heavy atom. The number of aromatic nitrogens is 3. The van der Waals surface area contributed by atoms with Gasteiger partial charge in [0.15, 0.2) is 5.82 Å². The highest BCUT2D eigenvalue weighted by atomic mass is 32.2. The highest BCUT2D eigenvalue weighted by molar-refractivity contribution is 7.94. The smallest absolute Gasteiger partial charge is 0.162 e. The lowest BCUT2D eigenvalue weighted by Crippen LogP contribution is -2.44. The van der Waals surface area contributed by atoms with Gasteiger partial charge in [-0.3, -0.25) is 4.98 Å². The Kier molecular flexibility index (Phi) is 5.07. The number of hydrogen-bond acceptors (Lipinski definition) is 7. The third-order valence-electron chi connectivity index (χ3n) is 7.47. The monoisotopic (exact) mass is 465 g/mol. The number of morpholine rings is 1. The van der Waals surface area contributed by atoms with Crippen LogP contribution < -0.4 is 4.90 Å². The van der Waals surface area contributed by atoms with Crippen LogP contribution >= 0.6 is 0 Å². The van der Waals surface area contributed by atoms with Crippen molar-refractivity contribution in [3.63, 3.8) is 0 Å². The fraction of sp³-hybridized carbons (Fsp3) is 0.560. The van der Waals surface area contributed by atoms with Crippen LogP contribution in [0.2, 0.25) is 0 Å². The molecule has 2 aromatic heterocycles. The number of allylic oxidation sites excluding steroid dienone is 1. The van der Waals surface area contributed by atoms with E-state index >= 15 is 0 Å². The molecule has 4 aliphatic rings. The van der Waals surface area contributed by atoms with Gasteiger partial charge in [0.1, 0.15) is 5.82 Å². The van der Waals surface area contributed by atoms with Crippen molar-refractivity contribution in [1.29, 1.82) is 0 Å². The topological polar surface area (TPSA) is 80.6 Å². The van der Waals surface area contributed by atoms with E-state index < -0.39 is 14.5 Å². The van der Waals surface area contributed by atoms with Crippen LogP contribution in [0.25, 0.3) is 17.5 Å². The van der Waals surface area contributed by atoms with Gasteiger partial charge in [-0.15, -0.1) is 0 Å². The summed E-state index contributed by atoms with van der Waals surface area (Å²) in [7, 11) is -2.39. The maximum absolute atomic E-state index is 14.2. The van der Waals surface area contributed by atoms with Crippen LogP contribution in [0, 0.1) is 0 Å². The van der Waals surface area contributed by atoms with E-state index in [0.29, 0.717) is 24.8 Å². The van der Waals surface area contributed by atoms with Crippen molar-refractivity contribution in [3.05, 3.63) is 41.4 Å². The molecule has 0 spiro atoms. The number of nitrogens with zero attached hydrogens (tertiary/aromatic N) is 5. The molecule has 0 N–H and O–H groups in total. The van der Waals surface area contributed by atoms with Crippen molar-refractivity contribution < 1.29 is 8.95 Å². The number of ether oxygens (including phenoxy) is 1. The molecule has 0 radical (unpaired) electrons. The number of rotatable bonds is 4. The second kappa shape index (κ2) is 7.87. The van der Waals surface area contributed by atoms with Crippen molar-refractivity contribution in [1.82, 2.24) is 15.0 Å². The van der Waals surface area contributed by atoms with E-state index in [2.05, 4.69) is 41.9 Å². The van der Waals surface area contributed by atoms with Crippen LogP contribution in [0.4, 0.5) is 5.82 Å². The molecule has 4 heterocycles. The van der Waals surface area contributed by atoms with Gasteiger partial charge in [0, 0.05) is 42.1 Å². The fourth-order valence-electron chi connectivity index (χ4n) is 5.26. The van der Waals surface area contributed by atoms with Crippen LogP contribution in [0.15, 0.2) is 28.8 Å². The molecule has 0 aromatic carbocycles. The van der Waals surface area contributed by atoms with Gasteiger partial charge >= 0.3 is 0 Å². The number of hydrogen-bond donors (Lipinski definition) is 0. The molecule has 3 fully saturated rings. The summed E-state index contributed by atoms with van der Waals surface area (Å²) < 4.78 is 24.2. The van der Waals surface area contributed by atoms with Gasteiger partial charge in [-0.2, -0.15) is 0 Å². The molecular weight excluding hydrogens is 434 g/mol. The van der Waals surface area contributed by atoms with Crippen molar-refractivity contribution in [2.75, 3.05) is 30.4 Å². The maximum atomic E-state index is 14.2. The van der Waals surface area contributed by atoms with Crippen molar-refractivity contribution in [2.45, 2.75) is 62.8 Å². The number of fused-ring (bicyclic) bond motifs is 1. The average Bonchev–Trinajstić information content (AvgIpc) is 3.39. The van der Waals surface area contributed by atoms with Gasteiger partial charge in [-0.1, -0.05) is 12.2 Å². The molecule has 0 amide bonds. The summed E-state index contributed by atoms with van der Waals surface area (Å²) in [6.45, 7) is 6.41. The van der Waals surface area contributed by atoms with Gasteiger partial charge < -0.3 is 9.64 Å². The molecule has 1 saturated carbocycles. The average molecular weight is 466 g/mol. The summed E-state index contributed by atoms with van der Waals surface area (Å²) in [4.78, 5) is 17.0. The molecule has 3 atom stereocenters. The number of anilines is 1. The largest absolute Gasteiger partial charge is 0.377 e. The lowest BCUT2D eigenvalue weighted by Gasteiger charge is -2.35. The van der Waals surface area contributed by atoms with Gasteiger partial charge in [0.05, 0.1) is 51.2 Å². The Hall–Kier alpha value is -2.32. The highest BCUT2D eigenvalue weighted by Crippen LogP contribution is 2.45. The minimum Gasteiger partial charge on any atom is -0.377 e. The van der Waals surface area contributed by atoms with Gasteiger partial charge in [-0.05, 0) is 45.6 Å². The molecule has 8 heteroatoms. The Balaban J connectivity index is 1.54. The Morgan fingerprint density at radius 1 is 1.30 bits per heavy atom. The number of pyridine rings is 1. The quantitative estimate of drug-likeness (QED) is 0.680. The zero-order valence-corrected chi connectivity index (χ0v) is 20.2. The summed E-state index contributed by atoms with van der Waals surface area (Å²) in [6.07, 6.45) is 10.8. The van der Waals surface area contributed by atoms with Gasteiger partial charge in [-0.25, -0.2) is 18.5 Å². The van der Waals surface area contributed by atoms with E-state index in [1.165, 1.54) is 0 Å². The van der Waals surface area contributed by atoms with E-state index in [4.69, 9.17) is 19.1 Å². The predicted molar refractivity (Wildman–Crippen MR) is 131 cm³/mol. The third-order valence-corrected chi connectivity index (χ3v) is 10.8. The summed E-state index contributed by atoms with van der Waals surface area (Å²) in [6, 6.07) is 4.57. The van der Waals surface area contributed by atoms with Crippen molar-refractivity contribution in [3.8, 4) is 11.4 Å². The summed E-state index contributed by atoms with van der Waals surface area (Å²) in [5.74, 6) is 2.24. The molecule has 6 rings (SSSR count). The van der Waals surface area contributed by atoms with Crippen molar-refractivity contribution in [2.24, 2.45) is 4.36 Å². The normalized spacial score (nSPS) is 31.1. The highest BCUT2D eigenvalue weighted by Gasteiger charge is 2.46. The molecule has 7 nitrogen and oxygen atoms in total. The van der Waals surface area contributed by atoms with Crippen LogP contribution in [-0.4, -0.2) is 56.8 Å². The van der Waals surface area contributed by atoms with Crippen molar-refractivity contribution >= 4 is 21.6 Å². The fourth-order valence-corrected chi connectivity index (χ4v) is 8.17. The van der Waals surface area contributed by atoms with Crippen LogP contribution in [0.1, 0.15) is 56.5 Å². The zero-order valence-electron chi connectivity index (χ0n) is 19.4. The van der Waals surface area contributed by atoms with E-state index in [1.54, 1.807) is 0 Å². The molecule has 0 bridgehead atoms. The first kappa shape index (κ1) is 21.2. The summed E-state index contributed by atoms with van der Waals surface area (Å²) in [5, 5.41) is 0. The Bertz CT molecular complexity index is 1250. The molecule has 33 heavy (non-hydrogen) atoms. The second-order valence-corrected chi connectivity index (χ2v) is 12.7. The van der Waals surface area contributed by atoms with Crippen LogP contribution in [0.5, 0.6) is 0 Å². The molecule has 2 aliphatic carbocycles. The van der Waals surface area contributed by atoms with E-state index in [9.17, 15) is 4.21 Å². The summed E-state index contributed by atoms with van der Waals surface area (Å²) >= 11 is 0. The lowest BCUT2D eigenvalue weighted by atomic mass is 10.00. The molecular formula is C25H31N5O2S. The first-order chi connectivity index (χ1) is 16.0. The SMILES string of the molecule is C[C@@H]1COCCN1c1cc(C2(C)CCCS2(=O)=NC2CC2)nc(-c2ccnc3c2C=CC3)n1. The standard InChI is InChI=1S/C25H31N5O2S/c1-17-16-32-13-12-30(17)23-15-22(25(2)10-4-14-33(25,31)29-18-7-8-18)27-24(28-23)20-9-11-26-21-6-3-5-19(20)21/h3,5,9,11,15,17-18H,4,6-8,10,12-14,16H2,1-2H3/t17-,25?,33?/m1/s1. The van der Waals surface area contributed by atoms with Crippen LogP contribution in [0.3, 0.4) is 0 Å². The molecule has 2 saturated heterocycles. The summed E-state index contributed by atoms with van der Waals surface area (Å²) in [5.41, 5.74) is 4.00. The van der Waals surface area contributed by atoms with E-state index in [1.807, 2.05) is 12.3 Å². The van der Waals surface area contributed by atoms with E-state index in [-0.39, 0.29) is 12.1 Å². The second-order valence-electron chi connectivity index (χ2n) is 9.89. The minimum atomic E-state index is -2.39. The maximum Gasteiger partial charge on any atom is 0.162 e. The molecule has 2 aliphatic heterocycles. The van der Waals surface area contributed by atoms with Gasteiger partial charge in [0.25, 0.3) is 0 Å². The predicted octanol–water partition coefficient (Wildman–Crippen LogP) is 3.97. The van der Waals surface area contributed by atoms with Crippen LogP contribution in [-0.2, 0) is 25.6 Å². The molecule has 2 aromatic rings. The first-order valence-electron chi connectivity index (χ1n) is 12.1. The zero-order chi connectivity index (χ0) is 22.6. The molecule has 174 valence electrons. The first-order valence-corrected chi connectivity index (χ1v) is 13.8. The Morgan fingerprint density at radius 3 is 3.00 bits per heavy atom.